The lowest BCUT2D eigenvalue weighted by molar-refractivity contribution is 0.604. The number of benzene rings is 1. The van der Waals surface area contributed by atoms with Crippen LogP contribution in [0, 0.1) is 22.5 Å². The molecule has 0 spiro atoms. The molecular formula is C18H17ClF2N4. The van der Waals surface area contributed by atoms with E-state index in [9.17, 15) is 4.39 Å². The van der Waals surface area contributed by atoms with Crippen LogP contribution in [0.5, 0.6) is 0 Å². The minimum absolute atomic E-state index is 0.0988. The number of nitrogens with zero attached hydrogens (tertiary/aromatic N) is 2. The first-order valence-corrected chi connectivity index (χ1v) is 8.30. The Morgan fingerprint density at radius 3 is 2.64 bits per heavy atom. The summed E-state index contributed by atoms with van der Waals surface area (Å²) in [5.74, 6) is -0.868. The third-order valence-electron chi connectivity index (χ3n) is 4.37. The van der Waals surface area contributed by atoms with Crippen molar-refractivity contribution in [3.63, 3.8) is 0 Å². The van der Waals surface area contributed by atoms with Gasteiger partial charge in [-0.05, 0) is 37.0 Å². The minimum atomic E-state index is -0.691. The van der Waals surface area contributed by atoms with Crippen molar-refractivity contribution in [3.05, 3.63) is 46.2 Å². The van der Waals surface area contributed by atoms with Crippen molar-refractivity contribution < 1.29 is 8.78 Å². The van der Waals surface area contributed by atoms with Crippen LogP contribution in [0.25, 0.3) is 11.1 Å². The number of nitrogens with one attached hydrogen (secondary N) is 2. The molecule has 0 saturated carbocycles. The summed E-state index contributed by atoms with van der Waals surface area (Å²) >= 11 is 6.28. The predicted octanol–water partition coefficient (Wildman–Crippen LogP) is 4.97. The molecule has 25 heavy (non-hydrogen) atoms. The number of anilines is 1. The van der Waals surface area contributed by atoms with Crippen molar-refractivity contribution in [2.24, 2.45) is 0 Å². The number of halogens is 3. The van der Waals surface area contributed by atoms with Crippen molar-refractivity contribution in [1.82, 2.24) is 4.98 Å². The van der Waals surface area contributed by atoms with Crippen molar-refractivity contribution in [2.45, 2.75) is 33.1 Å². The molecule has 2 aromatic rings. The first kappa shape index (κ1) is 17.5. The first-order chi connectivity index (χ1) is 11.9. The normalized spacial score (nSPS) is 13.8. The van der Waals surface area contributed by atoms with E-state index in [1.165, 1.54) is 18.0 Å². The molecule has 0 amide bonds. The van der Waals surface area contributed by atoms with E-state index in [1.54, 1.807) is 13.0 Å². The van der Waals surface area contributed by atoms with Crippen LogP contribution in [0.2, 0.25) is 5.02 Å². The van der Waals surface area contributed by atoms with E-state index in [4.69, 9.17) is 22.4 Å². The van der Waals surface area contributed by atoms with Gasteiger partial charge in [-0.1, -0.05) is 18.5 Å². The van der Waals surface area contributed by atoms with Crippen molar-refractivity contribution in [3.8, 4) is 11.1 Å². The molecule has 0 unspecified atom stereocenters. The maximum absolute atomic E-state index is 15.0. The lowest BCUT2D eigenvalue weighted by Crippen LogP contribution is -2.38. The number of amidine groups is 2. The van der Waals surface area contributed by atoms with Crippen LogP contribution in [0.3, 0.4) is 0 Å². The molecule has 7 heteroatoms. The number of fused-ring (bicyclic) bond motifs is 1. The van der Waals surface area contributed by atoms with Crippen molar-refractivity contribution >= 4 is 29.0 Å². The number of aromatic nitrogens is 1. The molecule has 0 aliphatic carbocycles. The Kier molecular flexibility index (Phi) is 4.56. The second-order valence-electron chi connectivity index (χ2n) is 5.93. The third kappa shape index (κ3) is 2.80. The zero-order valence-corrected chi connectivity index (χ0v) is 14.6. The summed E-state index contributed by atoms with van der Waals surface area (Å²) in [6.07, 6.45) is 3.88. The smallest absolute Gasteiger partial charge is 0.151 e. The molecule has 0 bridgehead atoms. The van der Waals surface area contributed by atoms with E-state index < -0.39 is 11.6 Å². The fourth-order valence-corrected chi connectivity index (χ4v) is 3.53. The lowest BCUT2D eigenvalue weighted by Gasteiger charge is -2.32. The molecule has 0 radical (unpaired) electrons. The first-order valence-electron chi connectivity index (χ1n) is 7.93. The number of pyridine rings is 1. The molecule has 130 valence electrons. The molecule has 1 aromatic carbocycles. The predicted molar refractivity (Wildman–Crippen MR) is 95.9 cm³/mol. The highest BCUT2D eigenvalue weighted by Gasteiger charge is 2.29. The maximum atomic E-state index is 15.0. The molecule has 4 nitrogen and oxygen atoms in total. The molecule has 1 aliphatic heterocycles. The average Bonchev–Trinajstić information content (AvgIpc) is 2.57. The summed E-state index contributed by atoms with van der Waals surface area (Å²) in [6, 6.07) is 1.63. The monoisotopic (exact) mass is 362 g/mol. The van der Waals surface area contributed by atoms with Gasteiger partial charge in [0.2, 0.25) is 0 Å². The Morgan fingerprint density at radius 2 is 2.00 bits per heavy atom. The number of rotatable bonds is 2. The number of aryl methyl sites for hydroxylation is 1. The summed E-state index contributed by atoms with van der Waals surface area (Å²) in [4.78, 5) is 5.19. The van der Waals surface area contributed by atoms with Gasteiger partial charge in [-0.3, -0.25) is 20.7 Å². The Hall–Kier alpha value is -2.34. The summed E-state index contributed by atoms with van der Waals surface area (Å²) in [6.45, 7) is 3.32. The number of hydrogen-bond acceptors (Lipinski definition) is 3. The molecule has 0 fully saturated rings. The summed E-state index contributed by atoms with van der Waals surface area (Å²) in [7, 11) is 0. The Labute approximate surface area is 149 Å². The van der Waals surface area contributed by atoms with E-state index in [2.05, 4.69) is 4.98 Å². The molecule has 0 saturated heterocycles. The molecule has 2 N–H and O–H groups in total. The van der Waals surface area contributed by atoms with E-state index in [0.29, 0.717) is 36.1 Å². The molecule has 1 aromatic heterocycles. The topological polar surface area (TPSA) is 63.8 Å². The molecule has 2 heterocycles. The van der Waals surface area contributed by atoms with Crippen LogP contribution in [-0.2, 0) is 12.8 Å². The highest BCUT2D eigenvalue weighted by atomic mass is 35.5. The van der Waals surface area contributed by atoms with Gasteiger partial charge in [0, 0.05) is 23.7 Å². The van der Waals surface area contributed by atoms with E-state index >= 15 is 4.39 Å². The summed E-state index contributed by atoms with van der Waals surface area (Å²) in [5.41, 5.74) is 2.02. The fraction of sp³-hybridized carbons (Fsp3) is 0.278. The number of hydrogen-bond donors (Lipinski definition) is 2. The van der Waals surface area contributed by atoms with E-state index in [0.717, 1.165) is 11.8 Å². The van der Waals surface area contributed by atoms with E-state index in [-0.39, 0.29) is 22.3 Å². The van der Waals surface area contributed by atoms with Crippen LogP contribution in [0.4, 0.5) is 14.5 Å². The highest BCUT2D eigenvalue weighted by molar-refractivity contribution is 6.36. The van der Waals surface area contributed by atoms with Crippen LogP contribution < -0.4 is 4.90 Å². The second kappa shape index (κ2) is 6.52. The lowest BCUT2D eigenvalue weighted by atomic mass is 9.93. The van der Waals surface area contributed by atoms with Crippen molar-refractivity contribution in [1.29, 1.82) is 10.8 Å². The summed E-state index contributed by atoms with van der Waals surface area (Å²) in [5, 5.41) is 15.7. The van der Waals surface area contributed by atoms with Crippen LogP contribution in [0.1, 0.15) is 31.4 Å². The maximum Gasteiger partial charge on any atom is 0.151 e. The highest BCUT2D eigenvalue weighted by Crippen LogP contribution is 2.42. The van der Waals surface area contributed by atoms with Crippen LogP contribution >= 0.6 is 11.6 Å². The van der Waals surface area contributed by atoms with Gasteiger partial charge in [-0.25, -0.2) is 8.78 Å². The fourth-order valence-electron chi connectivity index (χ4n) is 3.22. The Balaban J connectivity index is 2.28. The van der Waals surface area contributed by atoms with E-state index in [1.807, 2.05) is 0 Å². The second-order valence-corrected chi connectivity index (χ2v) is 6.31. The van der Waals surface area contributed by atoms with Gasteiger partial charge in [-0.2, -0.15) is 0 Å². The Bertz CT molecular complexity index is 895. The zero-order chi connectivity index (χ0) is 18.3. The van der Waals surface area contributed by atoms with Gasteiger partial charge >= 0.3 is 0 Å². The van der Waals surface area contributed by atoms with Gasteiger partial charge in [0.05, 0.1) is 11.9 Å². The largest absolute Gasteiger partial charge is 0.288 e. The van der Waals surface area contributed by atoms with Crippen LogP contribution in [-0.4, -0.2) is 16.7 Å². The van der Waals surface area contributed by atoms with Crippen LogP contribution in [0.15, 0.2) is 18.5 Å². The molecule has 3 rings (SSSR count). The molecule has 1 aliphatic rings. The zero-order valence-electron chi connectivity index (χ0n) is 13.9. The van der Waals surface area contributed by atoms with Gasteiger partial charge in [0.25, 0.3) is 0 Å². The SMILES string of the molecule is CCc1c(F)cncc1-c1cc2c(c(Cl)c1F)N(C(C)=N)C(=N)CC2. The third-order valence-corrected chi connectivity index (χ3v) is 4.71. The molecular weight excluding hydrogens is 346 g/mol. The summed E-state index contributed by atoms with van der Waals surface area (Å²) < 4.78 is 29.1. The molecule has 0 atom stereocenters. The van der Waals surface area contributed by atoms with Gasteiger partial charge in [0.1, 0.15) is 22.5 Å². The van der Waals surface area contributed by atoms with Crippen molar-refractivity contribution in [2.75, 3.05) is 4.90 Å². The van der Waals surface area contributed by atoms with Gasteiger partial charge < -0.3 is 0 Å². The minimum Gasteiger partial charge on any atom is -0.288 e. The standard InChI is InChI=1S/C18H17ClF2N4/c1-3-11-13(7-24-8-14(11)20)12-6-10-4-5-15(23)25(9(2)22)18(10)16(19)17(12)21/h6-8,22-23H,3-5H2,1-2H3. The van der Waals surface area contributed by atoms with Gasteiger partial charge in [0.15, 0.2) is 5.82 Å². The van der Waals surface area contributed by atoms with Gasteiger partial charge in [-0.15, -0.1) is 0 Å². The Morgan fingerprint density at radius 1 is 1.28 bits per heavy atom. The quantitative estimate of drug-likeness (QED) is 0.585. The average molecular weight is 363 g/mol.